The maximum absolute atomic E-state index is 12.2. The van der Waals surface area contributed by atoms with Crippen molar-refractivity contribution < 1.29 is 9.59 Å². The summed E-state index contributed by atoms with van der Waals surface area (Å²) in [5, 5.41) is 8.76. The fourth-order valence-electron chi connectivity index (χ4n) is 2.26. The molecule has 3 N–H and O–H groups in total. The molecular weight excluding hydrogens is 336 g/mol. The van der Waals surface area contributed by atoms with Crippen LogP contribution in [0.3, 0.4) is 0 Å². The monoisotopic (exact) mass is 352 g/mol. The van der Waals surface area contributed by atoms with Crippen LogP contribution in [0, 0.1) is 0 Å². The van der Waals surface area contributed by atoms with Crippen molar-refractivity contribution in [1.82, 2.24) is 25.0 Å². The van der Waals surface area contributed by atoms with Crippen molar-refractivity contribution in [2.45, 2.75) is 5.16 Å². The standard InChI is InChI=1S/C13H16N6O2S2/c14-12-15-13(17-16-12)23-8-10(20)18-3-5-19(6-4-18)11(21)9-2-1-7-22-9/h1-2,7H,3-6,8H2,(H3,14,15,16,17). The van der Waals surface area contributed by atoms with Gasteiger partial charge in [-0.3, -0.25) is 9.59 Å². The van der Waals surface area contributed by atoms with Gasteiger partial charge in [-0.05, 0) is 11.4 Å². The van der Waals surface area contributed by atoms with Crippen molar-refractivity contribution in [3.8, 4) is 0 Å². The minimum atomic E-state index is 0.0154. The molecule has 3 rings (SSSR count). The van der Waals surface area contributed by atoms with E-state index in [1.54, 1.807) is 9.80 Å². The van der Waals surface area contributed by atoms with E-state index in [9.17, 15) is 9.59 Å². The van der Waals surface area contributed by atoms with Crippen molar-refractivity contribution in [3.63, 3.8) is 0 Å². The van der Waals surface area contributed by atoms with Crippen LogP contribution in [0.4, 0.5) is 5.95 Å². The molecule has 1 aliphatic rings. The number of nitrogens with zero attached hydrogens (tertiary/aromatic N) is 4. The summed E-state index contributed by atoms with van der Waals surface area (Å²) in [5.74, 6) is 0.552. The Balaban J connectivity index is 1.46. The smallest absolute Gasteiger partial charge is 0.264 e. The number of amides is 2. The molecule has 0 spiro atoms. The third-order valence-electron chi connectivity index (χ3n) is 3.46. The van der Waals surface area contributed by atoms with Gasteiger partial charge in [-0.2, -0.15) is 4.98 Å². The first-order valence-corrected chi connectivity index (χ1v) is 8.91. The second-order valence-corrected chi connectivity index (χ2v) is 6.83. The molecule has 1 saturated heterocycles. The summed E-state index contributed by atoms with van der Waals surface area (Å²) >= 11 is 2.68. The van der Waals surface area contributed by atoms with Crippen LogP contribution in [0.1, 0.15) is 9.67 Å². The average molecular weight is 352 g/mol. The van der Waals surface area contributed by atoms with E-state index in [-0.39, 0.29) is 23.5 Å². The first-order chi connectivity index (χ1) is 11.1. The molecule has 8 nitrogen and oxygen atoms in total. The molecule has 0 atom stereocenters. The minimum absolute atomic E-state index is 0.0154. The molecule has 0 aliphatic carbocycles. The largest absolute Gasteiger partial charge is 0.368 e. The van der Waals surface area contributed by atoms with E-state index in [4.69, 9.17) is 5.73 Å². The van der Waals surface area contributed by atoms with Gasteiger partial charge in [0.05, 0.1) is 10.6 Å². The Kier molecular flexibility index (Phi) is 4.82. The number of anilines is 1. The summed E-state index contributed by atoms with van der Waals surface area (Å²) < 4.78 is 0. The van der Waals surface area contributed by atoms with Gasteiger partial charge in [0.1, 0.15) is 0 Å². The molecule has 0 bridgehead atoms. The lowest BCUT2D eigenvalue weighted by Crippen LogP contribution is -2.51. The molecule has 0 unspecified atom stereocenters. The highest BCUT2D eigenvalue weighted by atomic mass is 32.2. The third-order valence-corrected chi connectivity index (χ3v) is 5.15. The Hall–Kier alpha value is -2.07. The Morgan fingerprint density at radius 3 is 2.65 bits per heavy atom. The predicted molar refractivity (Wildman–Crippen MR) is 88.3 cm³/mol. The summed E-state index contributed by atoms with van der Waals surface area (Å²) in [4.78, 5) is 32.7. The second kappa shape index (κ2) is 7.01. The number of hydrogen-bond acceptors (Lipinski definition) is 7. The van der Waals surface area contributed by atoms with Crippen molar-refractivity contribution in [2.24, 2.45) is 0 Å². The van der Waals surface area contributed by atoms with Crippen LogP contribution in [0.5, 0.6) is 0 Å². The van der Waals surface area contributed by atoms with E-state index < -0.39 is 0 Å². The van der Waals surface area contributed by atoms with Crippen LogP contribution < -0.4 is 5.73 Å². The molecule has 0 radical (unpaired) electrons. The van der Waals surface area contributed by atoms with Crippen molar-refractivity contribution in [2.75, 3.05) is 37.7 Å². The molecule has 122 valence electrons. The van der Waals surface area contributed by atoms with Gasteiger partial charge >= 0.3 is 0 Å². The maximum Gasteiger partial charge on any atom is 0.264 e. The number of hydrogen-bond donors (Lipinski definition) is 2. The first-order valence-electron chi connectivity index (χ1n) is 7.04. The van der Waals surface area contributed by atoms with Gasteiger partial charge in [0, 0.05) is 26.2 Å². The topological polar surface area (TPSA) is 108 Å². The fraction of sp³-hybridized carbons (Fsp3) is 0.385. The highest BCUT2D eigenvalue weighted by Gasteiger charge is 2.25. The van der Waals surface area contributed by atoms with Crippen LogP contribution in [0.2, 0.25) is 0 Å². The summed E-state index contributed by atoms with van der Waals surface area (Å²) in [6.07, 6.45) is 0. The van der Waals surface area contributed by atoms with E-state index in [1.807, 2.05) is 17.5 Å². The Labute approximate surface area is 141 Å². The number of H-pyrrole nitrogens is 1. The summed E-state index contributed by atoms with van der Waals surface area (Å²) in [6.45, 7) is 2.21. The fourth-order valence-corrected chi connectivity index (χ4v) is 3.65. The van der Waals surface area contributed by atoms with Gasteiger partial charge in [0.15, 0.2) is 0 Å². The lowest BCUT2D eigenvalue weighted by Gasteiger charge is -2.34. The number of nitrogens with two attached hydrogens (primary N) is 1. The number of piperazine rings is 1. The van der Waals surface area contributed by atoms with Crippen molar-refractivity contribution >= 4 is 40.9 Å². The first kappa shape index (κ1) is 15.8. The molecule has 0 aromatic carbocycles. The summed E-state index contributed by atoms with van der Waals surface area (Å²) in [7, 11) is 0. The molecule has 2 amide bonds. The van der Waals surface area contributed by atoms with Crippen LogP contribution in [-0.4, -0.2) is 68.7 Å². The molecule has 2 aromatic heterocycles. The van der Waals surface area contributed by atoms with Crippen LogP contribution in [0.15, 0.2) is 22.7 Å². The normalized spacial score (nSPS) is 15.0. The third kappa shape index (κ3) is 3.82. The molecule has 3 heterocycles. The highest BCUT2D eigenvalue weighted by molar-refractivity contribution is 7.99. The van der Waals surface area contributed by atoms with Gasteiger partial charge < -0.3 is 15.5 Å². The molecular formula is C13H16N6O2S2. The number of aromatic nitrogens is 3. The zero-order valence-corrected chi connectivity index (χ0v) is 13.9. The number of aromatic amines is 1. The SMILES string of the molecule is Nc1nc(SCC(=O)N2CCN(C(=O)c3cccs3)CC2)n[nH]1. The second-order valence-electron chi connectivity index (χ2n) is 4.94. The zero-order valence-electron chi connectivity index (χ0n) is 12.3. The van der Waals surface area contributed by atoms with E-state index in [0.717, 1.165) is 4.88 Å². The quantitative estimate of drug-likeness (QED) is 0.777. The number of nitrogen functional groups attached to an aromatic ring is 1. The minimum Gasteiger partial charge on any atom is -0.368 e. The van der Waals surface area contributed by atoms with E-state index in [2.05, 4.69) is 15.2 Å². The van der Waals surface area contributed by atoms with E-state index in [1.165, 1.54) is 23.1 Å². The Morgan fingerprint density at radius 1 is 1.30 bits per heavy atom. The number of thioether (sulfide) groups is 1. The molecule has 23 heavy (non-hydrogen) atoms. The molecule has 0 saturated carbocycles. The van der Waals surface area contributed by atoms with Crippen molar-refractivity contribution in [1.29, 1.82) is 0 Å². The maximum atomic E-state index is 12.2. The number of thiophene rings is 1. The number of carbonyl (C=O) groups is 2. The van der Waals surface area contributed by atoms with Gasteiger partial charge in [-0.1, -0.05) is 17.8 Å². The highest BCUT2D eigenvalue weighted by Crippen LogP contribution is 2.16. The molecule has 10 heteroatoms. The average Bonchev–Trinajstić information content (AvgIpc) is 3.24. The summed E-state index contributed by atoms with van der Waals surface area (Å²) in [5.41, 5.74) is 5.44. The van der Waals surface area contributed by atoms with E-state index in [0.29, 0.717) is 31.3 Å². The summed E-state index contributed by atoms with van der Waals surface area (Å²) in [6, 6.07) is 3.69. The lowest BCUT2D eigenvalue weighted by molar-refractivity contribution is -0.129. The molecule has 1 aliphatic heterocycles. The number of carbonyl (C=O) groups excluding carboxylic acids is 2. The predicted octanol–water partition coefficient (Wildman–Crippen LogP) is 0.525. The number of nitrogens with one attached hydrogen (secondary N) is 1. The van der Waals surface area contributed by atoms with Crippen LogP contribution >= 0.6 is 23.1 Å². The Bertz CT molecular complexity index is 678. The van der Waals surface area contributed by atoms with Gasteiger partial charge in [0.2, 0.25) is 17.0 Å². The van der Waals surface area contributed by atoms with Crippen LogP contribution in [0.25, 0.3) is 0 Å². The van der Waals surface area contributed by atoms with Gasteiger partial charge in [-0.15, -0.1) is 16.4 Å². The van der Waals surface area contributed by atoms with Gasteiger partial charge in [-0.25, -0.2) is 5.10 Å². The van der Waals surface area contributed by atoms with Crippen molar-refractivity contribution in [3.05, 3.63) is 22.4 Å². The van der Waals surface area contributed by atoms with Crippen LogP contribution in [-0.2, 0) is 4.79 Å². The molecule has 2 aromatic rings. The zero-order chi connectivity index (χ0) is 16.2. The Morgan fingerprint density at radius 2 is 2.04 bits per heavy atom. The van der Waals surface area contributed by atoms with Gasteiger partial charge in [0.25, 0.3) is 5.91 Å². The number of rotatable bonds is 4. The lowest BCUT2D eigenvalue weighted by atomic mass is 10.3. The molecule has 1 fully saturated rings. The van der Waals surface area contributed by atoms with E-state index >= 15 is 0 Å².